The number of methoxy groups -OCH3 is 2. The number of piperidine rings is 1. The molecule has 8 heteroatoms. The van der Waals surface area contributed by atoms with Crippen LogP contribution in [0.15, 0.2) is 22.6 Å². The highest BCUT2D eigenvalue weighted by Crippen LogP contribution is 2.33. The molecule has 1 aliphatic heterocycles. The SMILES string of the molecule is COc1ccc(CNC(=O)C2CCN(c3nc(C)nc4oc(C)c(C)c34)CC2)c(OC)c1. The third-order valence-corrected chi connectivity index (χ3v) is 6.23. The molecule has 0 atom stereocenters. The number of aromatic nitrogens is 2. The van der Waals surface area contributed by atoms with Crippen LogP contribution in [0.1, 0.15) is 35.6 Å². The van der Waals surface area contributed by atoms with E-state index >= 15 is 0 Å². The van der Waals surface area contributed by atoms with Crippen molar-refractivity contribution in [3.63, 3.8) is 0 Å². The van der Waals surface area contributed by atoms with E-state index < -0.39 is 0 Å². The lowest BCUT2D eigenvalue weighted by Crippen LogP contribution is -2.40. The van der Waals surface area contributed by atoms with E-state index in [0.29, 0.717) is 23.8 Å². The van der Waals surface area contributed by atoms with Crippen molar-refractivity contribution in [2.75, 3.05) is 32.2 Å². The summed E-state index contributed by atoms with van der Waals surface area (Å²) in [4.78, 5) is 24.2. The highest BCUT2D eigenvalue weighted by molar-refractivity contribution is 5.90. The number of nitrogens with zero attached hydrogens (tertiary/aromatic N) is 3. The molecule has 4 rings (SSSR count). The molecule has 0 radical (unpaired) electrons. The van der Waals surface area contributed by atoms with E-state index in [0.717, 1.165) is 59.8 Å². The quantitative estimate of drug-likeness (QED) is 0.628. The Morgan fingerprint density at radius 3 is 2.59 bits per heavy atom. The third-order valence-electron chi connectivity index (χ3n) is 6.23. The summed E-state index contributed by atoms with van der Waals surface area (Å²) < 4.78 is 16.5. The van der Waals surface area contributed by atoms with E-state index in [9.17, 15) is 4.79 Å². The van der Waals surface area contributed by atoms with Crippen LogP contribution < -0.4 is 19.7 Å². The Hall–Kier alpha value is -3.29. The number of carbonyl (C=O) groups excluding carboxylic acids is 1. The summed E-state index contributed by atoms with van der Waals surface area (Å²) in [5.41, 5.74) is 2.63. The van der Waals surface area contributed by atoms with Crippen molar-refractivity contribution in [1.29, 1.82) is 0 Å². The molecule has 1 saturated heterocycles. The van der Waals surface area contributed by atoms with Gasteiger partial charge in [-0.15, -0.1) is 0 Å². The Morgan fingerprint density at radius 2 is 1.91 bits per heavy atom. The second kappa shape index (κ2) is 9.06. The van der Waals surface area contributed by atoms with Crippen molar-refractivity contribution in [1.82, 2.24) is 15.3 Å². The van der Waals surface area contributed by atoms with Gasteiger partial charge in [-0.2, -0.15) is 4.98 Å². The molecule has 170 valence electrons. The molecule has 1 aliphatic rings. The predicted molar refractivity (Wildman–Crippen MR) is 122 cm³/mol. The summed E-state index contributed by atoms with van der Waals surface area (Å²) in [5, 5.41) is 4.04. The van der Waals surface area contributed by atoms with Gasteiger partial charge in [0.2, 0.25) is 11.6 Å². The second-order valence-electron chi connectivity index (χ2n) is 8.21. The summed E-state index contributed by atoms with van der Waals surface area (Å²) >= 11 is 0. The average molecular weight is 439 g/mol. The smallest absolute Gasteiger partial charge is 0.231 e. The zero-order valence-corrected chi connectivity index (χ0v) is 19.3. The van der Waals surface area contributed by atoms with Gasteiger partial charge < -0.3 is 24.1 Å². The van der Waals surface area contributed by atoms with Crippen molar-refractivity contribution in [3.8, 4) is 11.5 Å². The van der Waals surface area contributed by atoms with E-state index in [-0.39, 0.29) is 11.8 Å². The molecule has 32 heavy (non-hydrogen) atoms. The Balaban J connectivity index is 1.40. The number of carbonyl (C=O) groups is 1. The maximum Gasteiger partial charge on any atom is 0.231 e. The first kappa shape index (κ1) is 21.9. The van der Waals surface area contributed by atoms with E-state index in [4.69, 9.17) is 18.9 Å². The van der Waals surface area contributed by atoms with Gasteiger partial charge in [-0.25, -0.2) is 4.98 Å². The van der Waals surface area contributed by atoms with Crippen molar-refractivity contribution in [2.45, 2.75) is 40.2 Å². The highest BCUT2D eigenvalue weighted by atomic mass is 16.5. The molecule has 3 aromatic rings. The van der Waals surface area contributed by atoms with E-state index in [1.54, 1.807) is 14.2 Å². The lowest BCUT2D eigenvalue weighted by Gasteiger charge is -2.32. The summed E-state index contributed by atoms with van der Waals surface area (Å²) in [6.07, 6.45) is 1.54. The van der Waals surface area contributed by atoms with Crippen LogP contribution in [-0.4, -0.2) is 43.2 Å². The van der Waals surface area contributed by atoms with Gasteiger partial charge in [-0.1, -0.05) is 0 Å². The van der Waals surface area contributed by atoms with Gasteiger partial charge in [0.05, 0.1) is 19.6 Å². The van der Waals surface area contributed by atoms with Gasteiger partial charge in [0, 0.05) is 42.7 Å². The standard InChI is InChI=1S/C24H30N4O4/c1-14-15(2)32-24-21(14)22(26-16(3)27-24)28-10-8-17(9-11-28)23(29)25-13-18-6-7-19(30-4)12-20(18)31-5/h6-7,12,17H,8-11,13H2,1-5H3,(H,25,29). The van der Waals surface area contributed by atoms with Gasteiger partial charge in [0.25, 0.3) is 0 Å². The van der Waals surface area contributed by atoms with Crippen molar-refractivity contribution in [3.05, 3.63) is 40.9 Å². The Labute approximate surface area is 187 Å². The number of anilines is 1. The number of hydrogen-bond donors (Lipinski definition) is 1. The van der Waals surface area contributed by atoms with Gasteiger partial charge in [0.1, 0.15) is 28.9 Å². The molecule has 2 aromatic heterocycles. The largest absolute Gasteiger partial charge is 0.497 e. The average Bonchev–Trinajstić information content (AvgIpc) is 3.09. The minimum Gasteiger partial charge on any atom is -0.497 e. The second-order valence-corrected chi connectivity index (χ2v) is 8.21. The maximum absolute atomic E-state index is 12.8. The summed E-state index contributed by atoms with van der Waals surface area (Å²) in [5.74, 6) is 3.93. The zero-order valence-electron chi connectivity index (χ0n) is 19.3. The topological polar surface area (TPSA) is 89.7 Å². The number of rotatable bonds is 6. The predicted octanol–water partition coefficient (Wildman–Crippen LogP) is 3.70. The van der Waals surface area contributed by atoms with E-state index in [1.807, 2.05) is 39.0 Å². The highest BCUT2D eigenvalue weighted by Gasteiger charge is 2.28. The minimum atomic E-state index is -0.0268. The number of furan rings is 1. The zero-order chi connectivity index (χ0) is 22.8. The Bertz CT molecular complexity index is 1130. The minimum absolute atomic E-state index is 0.0268. The van der Waals surface area contributed by atoms with Crippen LogP contribution >= 0.6 is 0 Å². The van der Waals surface area contributed by atoms with Gasteiger partial charge in [-0.05, 0) is 45.7 Å². The number of nitrogens with one attached hydrogen (secondary N) is 1. The fourth-order valence-electron chi connectivity index (χ4n) is 4.24. The molecule has 1 aromatic carbocycles. The van der Waals surface area contributed by atoms with Crippen molar-refractivity contribution < 1.29 is 18.7 Å². The monoisotopic (exact) mass is 438 g/mol. The van der Waals surface area contributed by atoms with Crippen molar-refractivity contribution >= 4 is 22.8 Å². The summed E-state index contributed by atoms with van der Waals surface area (Å²) in [7, 11) is 3.23. The Morgan fingerprint density at radius 1 is 1.16 bits per heavy atom. The van der Waals surface area contributed by atoms with Gasteiger partial charge >= 0.3 is 0 Å². The molecular formula is C24H30N4O4. The van der Waals surface area contributed by atoms with Crippen LogP contribution in [0.3, 0.4) is 0 Å². The van der Waals surface area contributed by atoms with E-state index in [2.05, 4.69) is 15.2 Å². The molecule has 0 saturated carbocycles. The fourth-order valence-corrected chi connectivity index (χ4v) is 4.24. The molecule has 0 aliphatic carbocycles. The molecule has 8 nitrogen and oxygen atoms in total. The van der Waals surface area contributed by atoms with Gasteiger partial charge in [0.15, 0.2) is 0 Å². The molecule has 0 unspecified atom stereocenters. The number of aryl methyl sites for hydroxylation is 3. The summed E-state index contributed by atoms with van der Waals surface area (Å²) in [6, 6.07) is 5.61. The number of hydrogen-bond acceptors (Lipinski definition) is 7. The van der Waals surface area contributed by atoms with Crippen LogP contribution in [0.2, 0.25) is 0 Å². The molecule has 0 spiro atoms. The maximum atomic E-state index is 12.8. The van der Waals surface area contributed by atoms with Gasteiger partial charge in [-0.3, -0.25) is 4.79 Å². The number of amides is 1. The summed E-state index contributed by atoms with van der Waals surface area (Å²) in [6.45, 7) is 7.81. The van der Waals surface area contributed by atoms with Crippen LogP contribution in [-0.2, 0) is 11.3 Å². The first-order chi connectivity index (χ1) is 15.4. The van der Waals surface area contributed by atoms with Crippen LogP contribution in [0, 0.1) is 26.7 Å². The third kappa shape index (κ3) is 4.22. The van der Waals surface area contributed by atoms with Crippen LogP contribution in [0.25, 0.3) is 11.1 Å². The van der Waals surface area contributed by atoms with E-state index in [1.165, 1.54) is 0 Å². The Kier molecular flexibility index (Phi) is 6.21. The van der Waals surface area contributed by atoms with Crippen LogP contribution in [0.4, 0.5) is 5.82 Å². The molecule has 1 fully saturated rings. The molecule has 1 amide bonds. The molecule has 0 bridgehead atoms. The number of ether oxygens (including phenoxy) is 2. The normalized spacial score (nSPS) is 14.6. The number of fused-ring (bicyclic) bond motifs is 1. The lowest BCUT2D eigenvalue weighted by molar-refractivity contribution is -0.125. The number of benzene rings is 1. The lowest BCUT2D eigenvalue weighted by atomic mass is 9.95. The fraction of sp³-hybridized carbons (Fsp3) is 0.458. The molecule has 3 heterocycles. The van der Waals surface area contributed by atoms with Crippen molar-refractivity contribution in [2.24, 2.45) is 5.92 Å². The molecule has 1 N–H and O–H groups in total. The molecular weight excluding hydrogens is 408 g/mol. The first-order valence-electron chi connectivity index (χ1n) is 10.9. The van der Waals surface area contributed by atoms with Crippen LogP contribution in [0.5, 0.6) is 11.5 Å². The first-order valence-corrected chi connectivity index (χ1v) is 10.9.